The predicted octanol–water partition coefficient (Wildman–Crippen LogP) is 11.1. The summed E-state index contributed by atoms with van der Waals surface area (Å²) in [5.41, 5.74) is 13.6. The molecule has 450 valence electrons. The van der Waals surface area contributed by atoms with Gasteiger partial charge in [0.25, 0.3) is 0 Å². The topological polar surface area (TPSA) is 225 Å². The Balaban J connectivity index is 0.000000111. The number of hydrogen-bond acceptors (Lipinski definition) is 14. The van der Waals surface area contributed by atoms with Gasteiger partial charge in [0, 0.05) is 146 Å². The van der Waals surface area contributed by atoms with Crippen molar-refractivity contribution >= 4 is 99.2 Å². The molecule has 0 bridgehead atoms. The summed E-state index contributed by atoms with van der Waals surface area (Å²) >= 11 is 0. The van der Waals surface area contributed by atoms with Gasteiger partial charge in [-0.15, -0.1) is 0 Å². The van der Waals surface area contributed by atoms with Gasteiger partial charge in [-0.1, -0.05) is 24.3 Å². The van der Waals surface area contributed by atoms with Crippen molar-refractivity contribution in [3.63, 3.8) is 0 Å². The zero-order chi connectivity index (χ0) is 62.8. The van der Waals surface area contributed by atoms with E-state index < -0.39 is 0 Å². The maximum Gasteiger partial charge on any atom is 0.159 e. The zero-order valence-electron chi connectivity index (χ0n) is 51.4. The molecule has 2 aromatic carbocycles. The minimum absolute atomic E-state index is 0.933. The number of aromatic nitrogens is 23. The van der Waals surface area contributed by atoms with Crippen molar-refractivity contribution in [2.45, 2.75) is 0 Å². The van der Waals surface area contributed by atoms with Crippen LogP contribution in [0.2, 0.25) is 0 Å². The van der Waals surface area contributed by atoms with Gasteiger partial charge in [-0.2, -0.15) is 15.3 Å². The van der Waals surface area contributed by atoms with E-state index in [1.165, 1.54) is 27.3 Å². The molecule has 0 saturated carbocycles. The van der Waals surface area contributed by atoms with E-state index in [0.29, 0.717) is 0 Å². The monoisotopic (exact) mass is 1190 g/mol. The molecule has 18 aromatic rings. The molecule has 0 fully saturated rings. The Morgan fingerprint density at radius 3 is 1.18 bits per heavy atom. The predicted molar refractivity (Wildman–Crippen MR) is 355 cm³/mol. The van der Waals surface area contributed by atoms with Crippen LogP contribution in [0.25, 0.3) is 99.2 Å². The molecule has 0 unspecified atom stereocenters. The lowest BCUT2D eigenvalue weighted by molar-refractivity contribution is 0.786. The molecule has 0 atom stereocenters. The summed E-state index contributed by atoms with van der Waals surface area (Å²) in [6, 6.07) is 41.8. The summed E-state index contributed by atoms with van der Waals surface area (Å²) in [5.74, 6) is 0. The minimum atomic E-state index is 0.933. The third kappa shape index (κ3) is 15.1. The average molecular weight is 1190 g/mol. The maximum atomic E-state index is 4.20. The van der Waals surface area contributed by atoms with Crippen LogP contribution in [0, 0.1) is 0 Å². The SMILES string of the molecule is Cn1ccc2cccnc21.Cn1ccc2ccncc21.Cn1cnc2ccccc21.Cn1cnc2ccccc21.Cn1cnc2cccnc21.Cn1cnc2ccncc21.Cn1ncc2cccnc21.Cn1ncc2cccnc21.Cn1ncc2ccncc21. The Bertz CT molecular complexity index is 4170. The van der Waals surface area contributed by atoms with E-state index in [-0.39, 0.29) is 0 Å². The minimum Gasteiger partial charge on any atom is -0.349 e. The van der Waals surface area contributed by atoms with Crippen molar-refractivity contribution < 1.29 is 0 Å². The Morgan fingerprint density at radius 2 is 0.644 bits per heavy atom. The molecule has 0 spiro atoms. The van der Waals surface area contributed by atoms with Gasteiger partial charge in [-0.25, -0.2) is 39.9 Å². The van der Waals surface area contributed by atoms with E-state index >= 15 is 0 Å². The lowest BCUT2D eigenvalue weighted by atomic mass is 10.3. The number of aryl methyl sites for hydroxylation is 9. The summed E-state index contributed by atoms with van der Waals surface area (Å²) in [6.45, 7) is 0. The zero-order valence-corrected chi connectivity index (χ0v) is 51.4. The molecule has 0 amide bonds. The van der Waals surface area contributed by atoms with Crippen LogP contribution in [0.1, 0.15) is 0 Å². The fourth-order valence-electron chi connectivity index (χ4n) is 9.26. The second-order valence-electron chi connectivity index (χ2n) is 20.4. The van der Waals surface area contributed by atoms with Gasteiger partial charge in [0.2, 0.25) is 0 Å². The molecule has 0 N–H and O–H groups in total. The van der Waals surface area contributed by atoms with E-state index in [9.17, 15) is 0 Å². The van der Waals surface area contributed by atoms with E-state index in [4.69, 9.17) is 0 Å². The number of fused-ring (bicyclic) bond motifs is 9. The highest BCUT2D eigenvalue weighted by Gasteiger charge is 2.01. The summed E-state index contributed by atoms with van der Waals surface area (Å²) in [4.78, 5) is 45.2. The van der Waals surface area contributed by atoms with E-state index in [2.05, 4.69) is 105 Å². The quantitative estimate of drug-likeness (QED) is 0.138. The molecule has 0 radical (unpaired) electrons. The van der Waals surface area contributed by atoms with Crippen molar-refractivity contribution in [3.8, 4) is 0 Å². The number of benzene rings is 2. The van der Waals surface area contributed by atoms with E-state index in [1.807, 2.05) is 263 Å². The Hall–Kier alpha value is -12.1. The largest absolute Gasteiger partial charge is 0.349 e. The van der Waals surface area contributed by atoms with Crippen LogP contribution in [-0.2, 0) is 63.4 Å². The Morgan fingerprint density at radius 1 is 0.233 bits per heavy atom. The number of imidazole rings is 4. The van der Waals surface area contributed by atoms with Crippen molar-refractivity contribution in [1.29, 1.82) is 0 Å². The molecule has 16 heterocycles. The maximum absolute atomic E-state index is 4.20. The lowest BCUT2D eigenvalue weighted by Gasteiger charge is -1.91. The molecule has 23 nitrogen and oxygen atoms in total. The van der Waals surface area contributed by atoms with Gasteiger partial charge in [0.1, 0.15) is 11.2 Å². The van der Waals surface area contributed by atoms with Crippen LogP contribution in [-0.4, -0.2) is 112 Å². The number of para-hydroxylation sites is 4. The normalized spacial score (nSPS) is 10.5. The van der Waals surface area contributed by atoms with Crippen LogP contribution in [0.3, 0.4) is 0 Å². The van der Waals surface area contributed by atoms with Crippen molar-refractivity contribution in [2.75, 3.05) is 0 Å². The Kier molecular flexibility index (Phi) is 19.8. The van der Waals surface area contributed by atoms with Crippen molar-refractivity contribution in [2.24, 2.45) is 63.4 Å². The average Bonchev–Trinajstić information content (AvgIpc) is 4.69. The molecule has 0 aliphatic rings. The van der Waals surface area contributed by atoms with Crippen molar-refractivity contribution in [1.82, 2.24) is 112 Å². The van der Waals surface area contributed by atoms with Gasteiger partial charge in [0.05, 0.1) is 107 Å². The fourth-order valence-corrected chi connectivity index (χ4v) is 9.26. The van der Waals surface area contributed by atoms with Crippen LogP contribution >= 0.6 is 0 Å². The van der Waals surface area contributed by atoms with Gasteiger partial charge in [-0.3, -0.25) is 29.0 Å². The number of hydrogen-bond donors (Lipinski definition) is 0. The first-order valence-corrected chi connectivity index (χ1v) is 28.4. The van der Waals surface area contributed by atoms with E-state index in [1.54, 1.807) is 53.0 Å². The highest BCUT2D eigenvalue weighted by molar-refractivity contribution is 5.80. The molecule has 18 rings (SSSR count). The highest BCUT2D eigenvalue weighted by Crippen LogP contribution is 2.15. The third-order valence-corrected chi connectivity index (χ3v) is 14.1. The summed E-state index contributed by atoms with van der Waals surface area (Å²) in [6.07, 6.45) is 34.6. The molecule has 0 saturated heterocycles. The number of rotatable bonds is 0. The molecule has 0 aliphatic heterocycles. The van der Waals surface area contributed by atoms with Crippen molar-refractivity contribution in [3.05, 3.63) is 246 Å². The standard InChI is InChI=1S/4C8H8N2.5C7H7N3/c1-10-5-3-7-2-4-9-6-8(7)10;1-10-6-4-7-3-2-5-9-8(7)10;2*1-10-6-9-7-4-2-3-5-8(7)10;1-10-5-9-6-2-3-8-4-7(6)10;1-10-7-5-8-3-2-6(7)4-9-10;1-10-5-9-6-3-2-4-8-7(6)10;2*1-10-7-6(5-9-10)3-2-4-8-7/h4*2-6H,1H3;5*2-5H,1H3. The smallest absolute Gasteiger partial charge is 0.159 e. The van der Waals surface area contributed by atoms with Crippen LogP contribution < -0.4 is 0 Å². The second-order valence-corrected chi connectivity index (χ2v) is 20.4. The van der Waals surface area contributed by atoms with Gasteiger partial charge >= 0.3 is 0 Å². The number of pyridine rings is 7. The first-order chi connectivity index (χ1) is 43.9. The fraction of sp³-hybridized carbons (Fsp3) is 0.134. The first kappa shape index (κ1) is 61.0. The van der Waals surface area contributed by atoms with E-state index in [0.717, 1.165) is 71.8 Å². The lowest BCUT2D eigenvalue weighted by Crippen LogP contribution is -1.89. The molecule has 0 aliphatic carbocycles. The van der Waals surface area contributed by atoms with Gasteiger partial charge < -0.3 is 27.4 Å². The summed E-state index contributed by atoms with van der Waals surface area (Å²) < 4.78 is 17.3. The number of nitrogens with zero attached hydrogens (tertiary/aromatic N) is 23. The van der Waals surface area contributed by atoms with Gasteiger partial charge in [0.15, 0.2) is 16.9 Å². The van der Waals surface area contributed by atoms with Crippen LogP contribution in [0.5, 0.6) is 0 Å². The van der Waals surface area contributed by atoms with Crippen LogP contribution in [0.4, 0.5) is 0 Å². The molecule has 90 heavy (non-hydrogen) atoms. The second kappa shape index (κ2) is 29.3. The first-order valence-electron chi connectivity index (χ1n) is 28.4. The molecule has 23 heteroatoms. The summed E-state index contributed by atoms with van der Waals surface area (Å²) in [5, 5.41) is 17.9. The molecular formula is C67H67N23. The molecule has 16 aromatic heterocycles. The van der Waals surface area contributed by atoms with Gasteiger partial charge in [-0.05, 0) is 103 Å². The van der Waals surface area contributed by atoms with Crippen LogP contribution in [0.15, 0.2) is 246 Å². The Labute approximate surface area is 517 Å². The summed E-state index contributed by atoms with van der Waals surface area (Å²) in [7, 11) is 17.6. The molecular weight excluding hydrogens is 1130 g/mol. The third-order valence-electron chi connectivity index (χ3n) is 14.1. The highest BCUT2D eigenvalue weighted by atomic mass is 15.3.